The predicted octanol–water partition coefficient (Wildman–Crippen LogP) is 4.34. The predicted molar refractivity (Wildman–Crippen MR) is 108 cm³/mol. The van der Waals surface area contributed by atoms with E-state index >= 15 is 0 Å². The summed E-state index contributed by atoms with van der Waals surface area (Å²) in [5.74, 6) is 1.52. The van der Waals surface area contributed by atoms with Crippen LogP contribution in [0.2, 0.25) is 0 Å². The molecule has 138 valence electrons. The van der Waals surface area contributed by atoms with Crippen LogP contribution < -0.4 is 9.80 Å². The summed E-state index contributed by atoms with van der Waals surface area (Å²) in [5, 5.41) is 5.22. The topological polar surface area (TPSA) is 49.6 Å². The van der Waals surface area contributed by atoms with Crippen LogP contribution in [-0.4, -0.2) is 38.1 Å². The average molecular weight is 361 g/mol. The summed E-state index contributed by atoms with van der Waals surface area (Å²) < 4.78 is 5.77. The van der Waals surface area contributed by atoms with E-state index < -0.39 is 0 Å². The van der Waals surface area contributed by atoms with E-state index in [1.54, 1.807) is 0 Å². The van der Waals surface area contributed by atoms with E-state index in [0.717, 1.165) is 65.3 Å². The summed E-state index contributed by atoms with van der Waals surface area (Å²) in [5.41, 5.74) is 5.06. The first-order valence-corrected chi connectivity index (χ1v) is 9.59. The number of piperidine rings is 1. The highest BCUT2D eigenvalue weighted by molar-refractivity contribution is 6.28. The first-order valence-electron chi connectivity index (χ1n) is 9.59. The molecule has 1 aromatic heterocycles. The summed E-state index contributed by atoms with van der Waals surface area (Å²) in [6, 6.07) is 9.79. The van der Waals surface area contributed by atoms with E-state index in [4.69, 9.17) is 4.52 Å². The van der Waals surface area contributed by atoms with Crippen molar-refractivity contribution >= 4 is 28.1 Å². The Morgan fingerprint density at radius 3 is 2.56 bits per heavy atom. The van der Waals surface area contributed by atoms with Gasteiger partial charge in [0.25, 0.3) is 0 Å². The van der Waals surface area contributed by atoms with Gasteiger partial charge in [-0.15, -0.1) is 0 Å². The van der Waals surface area contributed by atoms with Crippen LogP contribution in [0.1, 0.15) is 35.7 Å². The lowest BCUT2D eigenvalue weighted by atomic mass is 9.85. The molecule has 2 heterocycles. The Morgan fingerprint density at radius 2 is 1.85 bits per heavy atom. The number of benzene rings is 2. The van der Waals surface area contributed by atoms with Crippen LogP contribution in [0.3, 0.4) is 0 Å². The molecule has 0 bridgehead atoms. The van der Waals surface area contributed by atoms with Crippen molar-refractivity contribution in [2.75, 3.05) is 37.0 Å². The SMILES string of the molecule is CC1CCN(c2cc(N(C)C)c3noc4c3c2C(=O)c2ccccc2-4)CC1. The Bertz CT molecular complexity index is 1060. The van der Waals surface area contributed by atoms with Crippen molar-refractivity contribution in [3.63, 3.8) is 0 Å². The van der Waals surface area contributed by atoms with Crippen LogP contribution in [0.15, 0.2) is 34.9 Å². The molecule has 3 aromatic rings. The average Bonchev–Trinajstić information content (AvgIpc) is 3.11. The molecule has 0 N–H and O–H groups in total. The third kappa shape index (κ3) is 2.30. The fourth-order valence-electron chi connectivity index (χ4n) is 4.36. The second-order valence-corrected chi connectivity index (χ2v) is 7.96. The third-order valence-corrected chi connectivity index (χ3v) is 5.96. The summed E-state index contributed by atoms with van der Waals surface area (Å²) in [7, 11) is 4.01. The molecule has 2 aromatic carbocycles. The van der Waals surface area contributed by atoms with Crippen molar-refractivity contribution in [3.05, 3.63) is 41.5 Å². The Balaban J connectivity index is 1.82. The number of carbonyl (C=O) groups excluding carboxylic acids is 1. The zero-order chi connectivity index (χ0) is 18.7. The maximum absolute atomic E-state index is 13.5. The monoisotopic (exact) mass is 361 g/mol. The fourth-order valence-corrected chi connectivity index (χ4v) is 4.36. The number of carbonyl (C=O) groups is 1. The molecule has 1 aliphatic carbocycles. The van der Waals surface area contributed by atoms with E-state index in [-0.39, 0.29) is 5.78 Å². The van der Waals surface area contributed by atoms with Gasteiger partial charge in [0.2, 0.25) is 0 Å². The minimum atomic E-state index is 0.0743. The number of aromatic nitrogens is 1. The molecule has 27 heavy (non-hydrogen) atoms. The molecule has 1 aliphatic heterocycles. The van der Waals surface area contributed by atoms with Crippen molar-refractivity contribution in [2.24, 2.45) is 5.92 Å². The van der Waals surface area contributed by atoms with Crippen LogP contribution in [0.25, 0.3) is 22.2 Å². The van der Waals surface area contributed by atoms with Crippen molar-refractivity contribution in [1.29, 1.82) is 0 Å². The standard InChI is InChI=1S/C22H23N3O2/c1-13-8-10-25(11-9-13)16-12-17(24(2)3)20-19-18(16)21(26)14-6-4-5-7-15(14)22(19)27-23-20/h4-7,12-13H,8-11H2,1-3H3. The van der Waals surface area contributed by atoms with E-state index in [1.165, 1.54) is 0 Å². The second-order valence-electron chi connectivity index (χ2n) is 7.96. The number of ketones is 1. The lowest BCUT2D eigenvalue weighted by Crippen LogP contribution is -2.34. The van der Waals surface area contributed by atoms with Crippen LogP contribution in [0, 0.1) is 5.92 Å². The van der Waals surface area contributed by atoms with Crippen LogP contribution in [0.5, 0.6) is 0 Å². The Labute approximate surface area is 158 Å². The zero-order valence-corrected chi connectivity index (χ0v) is 16.0. The molecule has 0 unspecified atom stereocenters. The fraction of sp³-hybridized carbons (Fsp3) is 0.364. The molecule has 2 aliphatic rings. The maximum atomic E-state index is 13.5. The number of hydrogen-bond acceptors (Lipinski definition) is 5. The van der Waals surface area contributed by atoms with Crippen molar-refractivity contribution in [3.8, 4) is 11.3 Å². The number of rotatable bonds is 2. The lowest BCUT2D eigenvalue weighted by molar-refractivity contribution is 0.104. The van der Waals surface area contributed by atoms with Gasteiger partial charge in [0, 0.05) is 38.3 Å². The molecular formula is C22H23N3O2. The minimum Gasteiger partial charge on any atom is -0.376 e. The van der Waals surface area contributed by atoms with Gasteiger partial charge in [-0.05, 0) is 24.8 Å². The molecule has 5 rings (SSSR count). The molecule has 1 fully saturated rings. The van der Waals surface area contributed by atoms with Crippen LogP contribution >= 0.6 is 0 Å². The number of hydrogen-bond donors (Lipinski definition) is 0. The zero-order valence-electron chi connectivity index (χ0n) is 16.0. The Hall–Kier alpha value is -2.82. The molecule has 0 radical (unpaired) electrons. The first-order chi connectivity index (χ1) is 13.1. The lowest BCUT2D eigenvalue weighted by Gasteiger charge is -2.34. The molecule has 0 atom stereocenters. The highest BCUT2D eigenvalue weighted by Crippen LogP contribution is 2.46. The van der Waals surface area contributed by atoms with E-state index in [2.05, 4.69) is 23.0 Å². The molecule has 0 spiro atoms. The smallest absolute Gasteiger partial charge is 0.196 e. The van der Waals surface area contributed by atoms with Crippen molar-refractivity contribution in [2.45, 2.75) is 19.8 Å². The summed E-state index contributed by atoms with van der Waals surface area (Å²) in [6.07, 6.45) is 2.30. The van der Waals surface area contributed by atoms with Gasteiger partial charge < -0.3 is 14.3 Å². The van der Waals surface area contributed by atoms with Crippen LogP contribution in [-0.2, 0) is 0 Å². The van der Waals surface area contributed by atoms with Gasteiger partial charge in [0.1, 0.15) is 5.52 Å². The van der Waals surface area contributed by atoms with E-state index in [9.17, 15) is 4.79 Å². The van der Waals surface area contributed by atoms with Gasteiger partial charge in [0.15, 0.2) is 11.5 Å². The van der Waals surface area contributed by atoms with E-state index in [0.29, 0.717) is 11.3 Å². The first kappa shape index (κ1) is 16.4. The van der Waals surface area contributed by atoms with Gasteiger partial charge in [-0.2, -0.15) is 0 Å². The van der Waals surface area contributed by atoms with Gasteiger partial charge in [-0.1, -0.05) is 36.3 Å². The number of anilines is 2. The molecule has 1 saturated heterocycles. The van der Waals surface area contributed by atoms with E-state index in [1.807, 2.05) is 43.3 Å². The van der Waals surface area contributed by atoms with Gasteiger partial charge in [-0.3, -0.25) is 4.79 Å². The van der Waals surface area contributed by atoms with Crippen molar-refractivity contribution < 1.29 is 9.32 Å². The minimum absolute atomic E-state index is 0.0743. The molecular weight excluding hydrogens is 338 g/mol. The normalized spacial score (nSPS) is 16.7. The molecule has 5 nitrogen and oxygen atoms in total. The van der Waals surface area contributed by atoms with Crippen LogP contribution in [0.4, 0.5) is 11.4 Å². The Kier molecular flexibility index (Phi) is 3.54. The Morgan fingerprint density at radius 1 is 1.15 bits per heavy atom. The second kappa shape index (κ2) is 5.84. The summed E-state index contributed by atoms with van der Waals surface area (Å²) >= 11 is 0. The maximum Gasteiger partial charge on any atom is 0.196 e. The highest BCUT2D eigenvalue weighted by atomic mass is 16.5. The van der Waals surface area contributed by atoms with Crippen molar-refractivity contribution in [1.82, 2.24) is 5.16 Å². The summed E-state index contributed by atoms with van der Waals surface area (Å²) in [4.78, 5) is 17.9. The number of nitrogens with zero attached hydrogens (tertiary/aromatic N) is 3. The van der Waals surface area contributed by atoms with Gasteiger partial charge >= 0.3 is 0 Å². The van der Waals surface area contributed by atoms with Gasteiger partial charge in [-0.25, -0.2) is 0 Å². The largest absolute Gasteiger partial charge is 0.376 e. The molecule has 5 heteroatoms. The highest BCUT2D eigenvalue weighted by Gasteiger charge is 2.34. The molecule has 0 amide bonds. The third-order valence-electron chi connectivity index (χ3n) is 5.96. The molecule has 0 saturated carbocycles. The summed E-state index contributed by atoms with van der Waals surface area (Å²) in [6.45, 7) is 4.25. The number of fused-ring (bicyclic) bond motifs is 2. The van der Waals surface area contributed by atoms with Gasteiger partial charge in [0.05, 0.1) is 22.3 Å². The quantitative estimate of drug-likeness (QED) is 0.531.